The van der Waals surface area contributed by atoms with Crippen LogP contribution in [-0.4, -0.2) is 40.1 Å². The lowest BCUT2D eigenvalue weighted by atomic mass is 9.77. The Morgan fingerprint density at radius 1 is 0.736 bits per heavy atom. The lowest BCUT2D eigenvalue weighted by Gasteiger charge is -2.36. The van der Waals surface area contributed by atoms with Crippen molar-refractivity contribution in [1.29, 1.82) is 0 Å². The standard InChI is InChI=1S/C45H39N5O2S/c1-49-25-24-33-20-21-40(27-35(33)30-49)48-43(51)34-13-11-12-32(26-34)28-46-44(52)42-23-22-41(53-42)36-29-47-50(31-36)45(37-14-5-2-6-15-37,38-16-7-3-8-17-38)39-18-9-4-10-19-39/h2-23,26-27,29,31H,24-25,28,30H2,1H3,(H,46,52)(H,48,51). The number of hydrogen-bond donors (Lipinski definition) is 2. The number of rotatable bonds is 10. The van der Waals surface area contributed by atoms with Gasteiger partial charge in [-0.2, -0.15) is 5.10 Å². The molecule has 8 rings (SSSR count). The van der Waals surface area contributed by atoms with E-state index in [2.05, 4.69) is 114 Å². The van der Waals surface area contributed by atoms with Crippen molar-refractivity contribution >= 4 is 28.8 Å². The van der Waals surface area contributed by atoms with Crippen molar-refractivity contribution in [3.05, 3.63) is 202 Å². The zero-order valence-electron chi connectivity index (χ0n) is 29.4. The van der Waals surface area contributed by atoms with Crippen LogP contribution in [-0.2, 0) is 25.0 Å². The number of likely N-dealkylation sites (N-methyl/N-ethyl adjacent to an activating group) is 1. The highest BCUT2D eigenvalue weighted by atomic mass is 32.1. The van der Waals surface area contributed by atoms with Crippen molar-refractivity contribution in [2.24, 2.45) is 0 Å². The molecule has 0 bridgehead atoms. The van der Waals surface area contributed by atoms with E-state index in [1.807, 2.05) is 65.5 Å². The molecule has 8 heteroatoms. The Bertz CT molecular complexity index is 2270. The van der Waals surface area contributed by atoms with E-state index < -0.39 is 5.54 Å². The van der Waals surface area contributed by atoms with E-state index in [1.54, 1.807) is 6.07 Å². The lowest BCUT2D eigenvalue weighted by Crippen LogP contribution is -2.38. The van der Waals surface area contributed by atoms with Crippen LogP contribution in [0.1, 0.15) is 53.4 Å². The second-order valence-corrected chi connectivity index (χ2v) is 14.5. The molecule has 0 saturated carbocycles. The minimum atomic E-state index is -0.720. The van der Waals surface area contributed by atoms with E-state index >= 15 is 0 Å². The van der Waals surface area contributed by atoms with Gasteiger partial charge in [-0.15, -0.1) is 11.3 Å². The van der Waals surface area contributed by atoms with Gasteiger partial charge >= 0.3 is 0 Å². The first-order valence-corrected chi connectivity index (χ1v) is 18.6. The second-order valence-electron chi connectivity index (χ2n) is 13.5. The predicted octanol–water partition coefficient (Wildman–Crippen LogP) is 8.62. The van der Waals surface area contributed by atoms with Crippen LogP contribution in [0.25, 0.3) is 10.4 Å². The largest absolute Gasteiger partial charge is 0.347 e. The van der Waals surface area contributed by atoms with Gasteiger partial charge in [0.1, 0.15) is 5.54 Å². The molecule has 1 aliphatic rings. The molecule has 7 aromatic rings. The number of aromatic nitrogens is 2. The predicted molar refractivity (Wildman–Crippen MR) is 212 cm³/mol. The average molecular weight is 714 g/mol. The molecule has 7 nitrogen and oxygen atoms in total. The number of carbonyl (C=O) groups excluding carboxylic acids is 2. The number of thiophene rings is 1. The molecule has 2 amide bonds. The molecular formula is C45H39N5O2S. The van der Waals surface area contributed by atoms with Crippen LogP contribution in [0.15, 0.2) is 158 Å². The Morgan fingerprint density at radius 3 is 2.09 bits per heavy atom. The van der Waals surface area contributed by atoms with Gasteiger partial charge in [0.05, 0.1) is 11.1 Å². The SMILES string of the molecule is CN1CCc2ccc(NC(=O)c3cccc(CNC(=O)c4ccc(-c5cnn(C(c6ccccc6)(c6ccccc6)c6ccccc6)c5)s4)c3)cc2C1. The molecule has 0 radical (unpaired) electrons. The molecule has 1 aliphatic heterocycles. The third-order valence-electron chi connectivity index (χ3n) is 9.92. The molecule has 0 fully saturated rings. The Kier molecular flexibility index (Phi) is 9.55. The topological polar surface area (TPSA) is 79.3 Å². The van der Waals surface area contributed by atoms with Gasteiger partial charge in [-0.3, -0.25) is 14.3 Å². The summed E-state index contributed by atoms with van der Waals surface area (Å²) in [5.41, 5.74) is 8.22. The summed E-state index contributed by atoms with van der Waals surface area (Å²) in [5.74, 6) is -0.351. The molecule has 53 heavy (non-hydrogen) atoms. The fraction of sp³-hybridized carbons (Fsp3) is 0.133. The number of fused-ring (bicyclic) bond motifs is 1. The number of nitrogens with zero attached hydrogens (tertiary/aromatic N) is 3. The molecule has 262 valence electrons. The summed E-state index contributed by atoms with van der Waals surface area (Å²) in [4.78, 5) is 30.4. The van der Waals surface area contributed by atoms with Crippen molar-refractivity contribution in [3.8, 4) is 10.4 Å². The Balaban J connectivity index is 0.988. The van der Waals surface area contributed by atoms with Gasteiger partial charge in [0.25, 0.3) is 11.8 Å². The van der Waals surface area contributed by atoms with E-state index in [4.69, 9.17) is 5.10 Å². The maximum absolute atomic E-state index is 13.4. The molecule has 0 saturated heterocycles. The third kappa shape index (κ3) is 6.94. The summed E-state index contributed by atoms with van der Waals surface area (Å²) in [7, 11) is 2.11. The smallest absolute Gasteiger partial charge is 0.261 e. The average Bonchev–Trinajstić information content (AvgIpc) is 3.90. The first kappa shape index (κ1) is 34.0. The highest BCUT2D eigenvalue weighted by molar-refractivity contribution is 7.17. The summed E-state index contributed by atoms with van der Waals surface area (Å²) in [5, 5.41) is 11.1. The Labute approximate surface area is 313 Å². The number of benzene rings is 5. The van der Waals surface area contributed by atoms with E-state index in [9.17, 15) is 9.59 Å². The van der Waals surface area contributed by atoms with Crippen molar-refractivity contribution in [1.82, 2.24) is 20.0 Å². The van der Waals surface area contributed by atoms with Crippen molar-refractivity contribution in [3.63, 3.8) is 0 Å². The number of hydrogen-bond acceptors (Lipinski definition) is 5. The summed E-state index contributed by atoms with van der Waals surface area (Å²) < 4.78 is 2.04. The van der Waals surface area contributed by atoms with Gasteiger partial charge in [0, 0.05) is 47.5 Å². The van der Waals surface area contributed by atoms with Crippen LogP contribution in [0, 0.1) is 0 Å². The molecule has 3 heterocycles. The van der Waals surface area contributed by atoms with Crippen LogP contribution in [0.5, 0.6) is 0 Å². The Morgan fingerprint density at radius 2 is 1.42 bits per heavy atom. The van der Waals surface area contributed by atoms with Crippen LogP contribution in [0.4, 0.5) is 5.69 Å². The van der Waals surface area contributed by atoms with Crippen molar-refractivity contribution < 1.29 is 9.59 Å². The van der Waals surface area contributed by atoms with E-state index in [-0.39, 0.29) is 11.8 Å². The zero-order valence-corrected chi connectivity index (χ0v) is 30.2. The van der Waals surface area contributed by atoms with Crippen LogP contribution < -0.4 is 10.6 Å². The van der Waals surface area contributed by atoms with Gasteiger partial charge in [-0.1, -0.05) is 109 Å². The molecule has 0 unspecified atom stereocenters. The molecule has 0 aliphatic carbocycles. The molecule has 2 N–H and O–H groups in total. The van der Waals surface area contributed by atoms with Gasteiger partial charge in [-0.05, 0) is 83.2 Å². The quantitative estimate of drug-likeness (QED) is 0.139. The van der Waals surface area contributed by atoms with Crippen molar-refractivity contribution in [2.75, 3.05) is 18.9 Å². The first-order chi connectivity index (χ1) is 26.0. The third-order valence-corrected chi connectivity index (χ3v) is 11.1. The van der Waals surface area contributed by atoms with Crippen LogP contribution in [0.2, 0.25) is 0 Å². The monoisotopic (exact) mass is 713 g/mol. The molecule has 5 aromatic carbocycles. The normalized spacial score (nSPS) is 12.9. The fourth-order valence-electron chi connectivity index (χ4n) is 7.25. The number of carbonyl (C=O) groups is 2. The summed E-state index contributed by atoms with van der Waals surface area (Å²) in [6, 6.07) is 48.7. The Hall–Kier alpha value is -6.09. The first-order valence-electron chi connectivity index (χ1n) is 17.8. The minimum Gasteiger partial charge on any atom is -0.347 e. The van der Waals surface area contributed by atoms with Crippen LogP contribution in [0.3, 0.4) is 0 Å². The second kappa shape index (κ2) is 14.9. The van der Waals surface area contributed by atoms with Gasteiger partial charge in [-0.25, -0.2) is 0 Å². The van der Waals surface area contributed by atoms with E-state index in [0.29, 0.717) is 17.0 Å². The molecule has 2 aromatic heterocycles. The summed E-state index contributed by atoms with van der Waals surface area (Å²) >= 11 is 1.43. The van der Waals surface area contributed by atoms with Gasteiger partial charge in [0.2, 0.25) is 0 Å². The number of anilines is 1. The van der Waals surface area contributed by atoms with Crippen LogP contribution >= 0.6 is 11.3 Å². The van der Waals surface area contributed by atoms with Gasteiger partial charge < -0.3 is 15.5 Å². The summed E-state index contributed by atoms with van der Waals surface area (Å²) in [6.07, 6.45) is 4.96. The zero-order chi connectivity index (χ0) is 36.2. The fourth-order valence-corrected chi connectivity index (χ4v) is 8.15. The maximum atomic E-state index is 13.4. The van der Waals surface area contributed by atoms with Crippen molar-refractivity contribution in [2.45, 2.75) is 25.0 Å². The highest BCUT2D eigenvalue weighted by Gasteiger charge is 2.39. The highest BCUT2D eigenvalue weighted by Crippen LogP contribution is 2.41. The van der Waals surface area contributed by atoms with E-state index in [0.717, 1.165) is 57.9 Å². The van der Waals surface area contributed by atoms with E-state index in [1.165, 1.54) is 22.5 Å². The lowest BCUT2D eigenvalue weighted by molar-refractivity contribution is 0.0954. The minimum absolute atomic E-state index is 0.172. The molecular weight excluding hydrogens is 675 g/mol. The molecule has 0 atom stereocenters. The van der Waals surface area contributed by atoms with Gasteiger partial charge in [0.15, 0.2) is 0 Å². The molecule has 0 spiro atoms. The maximum Gasteiger partial charge on any atom is 0.261 e. The summed E-state index contributed by atoms with van der Waals surface area (Å²) in [6.45, 7) is 2.21. The number of amides is 2. The number of nitrogens with one attached hydrogen (secondary N) is 2.